The van der Waals surface area contributed by atoms with Crippen LogP contribution in [0.15, 0.2) is 40.8 Å². The van der Waals surface area contributed by atoms with Gasteiger partial charge in [0.05, 0.1) is 5.56 Å². The summed E-state index contributed by atoms with van der Waals surface area (Å²) < 4.78 is 59.3. The summed E-state index contributed by atoms with van der Waals surface area (Å²) in [5.41, 5.74) is 0.0425. The van der Waals surface area contributed by atoms with Crippen LogP contribution in [0.4, 0.5) is 17.6 Å². The largest absolute Gasteiger partial charge is 0.461 e. The van der Waals surface area contributed by atoms with E-state index in [0.717, 1.165) is 6.07 Å². The summed E-state index contributed by atoms with van der Waals surface area (Å²) in [6, 6.07) is 7.98. The Kier molecular flexibility index (Phi) is 3.78. The molecule has 1 aromatic heterocycles. The molecule has 0 atom stereocenters. The third kappa shape index (κ3) is 2.81. The summed E-state index contributed by atoms with van der Waals surface area (Å²) in [5, 5.41) is 0. The van der Waals surface area contributed by atoms with Crippen LogP contribution >= 0.6 is 0 Å². The van der Waals surface area contributed by atoms with Gasteiger partial charge in [-0.2, -0.15) is 17.6 Å². The van der Waals surface area contributed by atoms with E-state index in [1.54, 1.807) is 0 Å². The Balaban J connectivity index is 2.38. The zero-order chi connectivity index (χ0) is 14.8. The Morgan fingerprint density at radius 2 is 1.85 bits per heavy atom. The molecule has 0 radical (unpaired) electrons. The summed E-state index contributed by atoms with van der Waals surface area (Å²) in [6.45, 7) is 0. The molecular weight excluding hydrogens is 280 g/mol. The van der Waals surface area contributed by atoms with Crippen LogP contribution in [0.3, 0.4) is 0 Å². The summed E-state index contributed by atoms with van der Waals surface area (Å²) in [7, 11) is 0. The lowest BCUT2D eigenvalue weighted by atomic mass is 10.1. The fraction of sp³-hybridized carbons (Fsp3) is 0.154. The Labute approximate surface area is 110 Å². The number of alkyl halides is 4. The lowest BCUT2D eigenvalue weighted by molar-refractivity contribution is -0.253. The number of carbonyl (C=O) groups is 1. The minimum absolute atomic E-state index is 0.0181. The van der Waals surface area contributed by atoms with Gasteiger partial charge in [-0.05, 0) is 24.3 Å². The first kappa shape index (κ1) is 14.1. The number of rotatable bonds is 5. The molecule has 0 N–H and O–H groups in total. The fourth-order valence-electron chi connectivity index (χ4n) is 1.51. The third-order valence-corrected chi connectivity index (χ3v) is 2.40. The van der Waals surface area contributed by atoms with Crippen molar-refractivity contribution in [2.75, 3.05) is 0 Å². The molecule has 1 aromatic carbocycles. The van der Waals surface area contributed by atoms with Crippen LogP contribution in [0.25, 0.3) is 11.3 Å². The highest BCUT2D eigenvalue weighted by Gasteiger charge is 2.44. The highest BCUT2D eigenvalue weighted by atomic mass is 19.3. The lowest BCUT2D eigenvalue weighted by Crippen LogP contribution is -2.33. The standard InChI is InChI=1S/C13H8F4O3/c14-12(15)13(16,17)20-11-4-2-1-3-9(11)10-6-5-8(7-18)19-10/h1-7,12H. The fourth-order valence-corrected chi connectivity index (χ4v) is 1.51. The molecule has 0 aliphatic rings. The molecule has 0 aliphatic heterocycles. The first-order chi connectivity index (χ1) is 9.44. The first-order valence-electron chi connectivity index (χ1n) is 5.43. The Morgan fingerprint density at radius 3 is 2.45 bits per heavy atom. The van der Waals surface area contributed by atoms with Crippen LogP contribution in [-0.2, 0) is 0 Å². The second-order valence-electron chi connectivity index (χ2n) is 3.78. The maximum atomic E-state index is 12.9. The van der Waals surface area contributed by atoms with Crippen molar-refractivity contribution in [3.8, 4) is 17.1 Å². The highest BCUT2D eigenvalue weighted by Crippen LogP contribution is 2.35. The summed E-state index contributed by atoms with van der Waals surface area (Å²) >= 11 is 0. The number of halogens is 4. The second kappa shape index (κ2) is 5.36. The predicted octanol–water partition coefficient (Wildman–Crippen LogP) is 4.00. The van der Waals surface area contributed by atoms with E-state index in [1.807, 2.05) is 0 Å². The summed E-state index contributed by atoms with van der Waals surface area (Å²) in [4.78, 5) is 10.5. The van der Waals surface area contributed by atoms with Crippen LogP contribution in [0, 0.1) is 0 Å². The SMILES string of the molecule is O=Cc1ccc(-c2ccccc2OC(F)(F)C(F)F)o1. The van der Waals surface area contributed by atoms with Gasteiger partial charge in [0.15, 0.2) is 12.0 Å². The number of aldehydes is 1. The molecule has 0 fully saturated rings. The molecule has 7 heteroatoms. The zero-order valence-electron chi connectivity index (χ0n) is 9.86. The van der Waals surface area contributed by atoms with Crippen molar-refractivity contribution in [2.24, 2.45) is 0 Å². The zero-order valence-corrected chi connectivity index (χ0v) is 9.86. The molecule has 0 saturated carbocycles. The van der Waals surface area contributed by atoms with Gasteiger partial charge >= 0.3 is 12.5 Å². The number of benzene rings is 1. The molecular formula is C13H8F4O3. The van der Waals surface area contributed by atoms with Crippen molar-refractivity contribution in [3.63, 3.8) is 0 Å². The van der Waals surface area contributed by atoms with Crippen molar-refractivity contribution >= 4 is 6.29 Å². The number of para-hydroxylation sites is 1. The number of hydrogen-bond acceptors (Lipinski definition) is 3. The lowest BCUT2D eigenvalue weighted by Gasteiger charge is -2.18. The van der Waals surface area contributed by atoms with E-state index in [2.05, 4.69) is 4.74 Å². The van der Waals surface area contributed by atoms with Crippen molar-refractivity contribution in [3.05, 3.63) is 42.2 Å². The van der Waals surface area contributed by atoms with Gasteiger partial charge in [0, 0.05) is 0 Å². The van der Waals surface area contributed by atoms with Gasteiger partial charge in [-0.15, -0.1) is 0 Å². The maximum absolute atomic E-state index is 12.9. The van der Waals surface area contributed by atoms with Gasteiger partial charge in [0.25, 0.3) is 0 Å². The minimum Gasteiger partial charge on any atom is -0.453 e. The summed E-state index contributed by atoms with van der Waals surface area (Å²) in [5.74, 6) is -0.423. The Morgan fingerprint density at radius 1 is 1.15 bits per heavy atom. The van der Waals surface area contributed by atoms with Crippen LogP contribution in [0.5, 0.6) is 5.75 Å². The van der Waals surface area contributed by atoms with Gasteiger partial charge in [-0.1, -0.05) is 12.1 Å². The number of furan rings is 1. The van der Waals surface area contributed by atoms with Crippen molar-refractivity contribution in [1.82, 2.24) is 0 Å². The van der Waals surface area contributed by atoms with E-state index < -0.39 is 18.3 Å². The average Bonchev–Trinajstić information content (AvgIpc) is 2.87. The molecule has 2 aromatic rings. The molecule has 106 valence electrons. The molecule has 3 nitrogen and oxygen atoms in total. The molecule has 2 rings (SSSR count). The smallest absolute Gasteiger partial charge is 0.453 e. The second-order valence-corrected chi connectivity index (χ2v) is 3.78. The molecule has 1 heterocycles. The van der Waals surface area contributed by atoms with Crippen molar-refractivity contribution < 1.29 is 31.5 Å². The van der Waals surface area contributed by atoms with Gasteiger partial charge < -0.3 is 9.15 Å². The minimum atomic E-state index is -4.61. The molecule has 20 heavy (non-hydrogen) atoms. The Hall–Kier alpha value is -2.31. The number of ether oxygens (including phenoxy) is 1. The number of carbonyl (C=O) groups excluding carboxylic acids is 1. The van der Waals surface area contributed by atoms with E-state index in [1.165, 1.54) is 30.3 Å². The quantitative estimate of drug-likeness (QED) is 0.616. The average molecular weight is 288 g/mol. The van der Waals surface area contributed by atoms with Crippen LogP contribution in [-0.4, -0.2) is 18.8 Å². The topological polar surface area (TPSA) is 39.4 Å². The van der Waals surface area contributed by atoms with Crippen LogP contribution < -0.4 is 4.74 Å². The number of hydrogen-bond donors (Lipinski definition) is 0. The Bertz CT molecular complexity index is 607. The summed E-state index contributed by atoms with van der Waals surface area (Å²) in [6.07, 6.45) is -8.14. The van der Waals surface area contributed by atoms with Crippen LogP contribution in [0.1, 0.15) is 10.6 Å². The van der Waals surface area contributed by atoms with E-state index in [4.69, 9.17) is 4.42 Å². The third-order valence-electron chi connectivity index (χ3n) is 2.40. The van der Waals surface area contributed by atoms with Crippen LogP contribution in [0.2, 0.25) is 0 Å². The molecule has 0 unspecified atom stereocenters. The van der Waals surface area contributed by atoms with Gasteiger partial charge in [0.1, 0.15) is 11.5 Å². The molecule has 0 saturated heterocycles. The highest BCUT2D eigenvalue weighted by molar-refractivity contribution is 5.74. The first-order valence-corrected chi connectivity index (χ1v) is 5.43. The molecule has 0 aliphatic carbocycles. The van der Waals surface area contributed by atoms with Gasteiger partial charge in [0.2, 0.25) is 0 Å². The van der Waals surface area contributed by atoms with E-state index in [9.17, 15) is 22.4 Å². The molecule has 0 bridgehead atoms. The maximum Gasteiger partial charge on any atom is 0.461 e. The van der Waals surface area contributed by atoms with Gasteiger partial charge in [-0.25, -0.2) is 0 Å². The molecule has 0 amide bonds. The van der Waals surface area contributed by atoms with Crippen molar-refractivity contribution in [2.45, 2.75) is 12.5 Å². The van der Waals surface area contributed by atoms with E-state index >= 15 is 0 Å². The monoisotopic (exact) mass is 288 g/mol. The van der Waals surface area contributed by atoms with Crippen molar-refractivity contribution in [1.29, 1.82) is 0 Å². The molecule has 0 spiro atoms. The van der Waals surface area contributed by atoms with E-state index in [0.29, 0.717) is 6.29 Å². The normalized spacial score (nSPS) is 11.7. The van der Waals surface area contributed by atoms with E-state index in [-0.39, 0.29) is 17.1 Å². The predicted molar refractivity (Wildman–Crippen MR) is 61.1 cm³/mol. The van der Waals surface area contributed by atoms with Gasteiger partial charge in [-0.3, -0.25) is 4.79 Å².